The van der Waals surface area contributed by atoms with Gasteiger partial charge in [0, 0.05) is 75.5 Å². The van der Waals surface area contributed by atoms with Gasteiger partial charge in [0.2, 0.25) is 11.8 Å². The lowest BCUT2D eigenvalue weighted by Gasteiger charge is -2.35. The zero-order chi connectivity index (χ0) is 59.0. The number of anilines is 1. The number of benzene rings is 5. The van der Waals surface area contributed by atoms with Crippen molar-refractivity contribution in [1.82, 2.24) is 34.6 Å². The van der Waals surface area contributed by atoms with Gasteiger partial charge in [0.05, 0.1) is 76.8 Å². The number of aliphatic hydroxyl groups excluding tert-OH is 1. The number of carbonyl (C=O) groups is 4. The van der Waals surface area contributed by atoms with Crippen molar-refractivity contribution in [2.24, 2.45) is 20.0 Å². The van der Waals surface area contributed by atoms with E-state index < -0.39 is 40.0 Å². The van der Waals surface area contributed by atoms with Gasteiger partial charge >= 0.3 is 5.69 Å². The molecule has 21 nitrogen and oxygen atoms in total. The van der Waals surface area contributed by atoms with E-state index >= 15 is 0 Å². The summed E-state index contributed by atoms with van der Waals surface area (Å²) >= 11 is 1.49. The minimum Gasteiger partial charge on any atom is -0.493 e. The number of likely N-dealkylation sites (tertiary alicyclic amines) is 1. The summed E-state index contributed by atoms with van der Waals surface area (Å²) < 4.78 is 63.1. The molecule has 2 aliphatic heterocycles. The van der Waals surface area contributed by atoms with E-state index in [2.05, 4.69) is 20.3 Å². The summed E-state index contributed by atoms with van der Waals surface area (Å²) in [5.41, 5.74) is 6.39. The number of aliphatic hydroxyl groups is 1. The number of thiazole rings is 1. The summed E-state index contributed by atoms with van der Waals surface area (Å²) in [6, 6.07) is 26.8. The molecule has 0 spiro atoms. The van der Waals surface area contributed by atoms with E-state index in [1.54, 1.807) is 67.0 Å². The van der Waals surface area contributed by atoms with Crippen LogP contribution in [0.15, 0.2) is 118 Å². The normalized spacial score (nSPS) is 15.4. The standard InChI is InChI=1S/C60H68N8O13S2/c1-7-21-79-44-14-11-15-45(30-44)81-53-32-50-49(65(5)60(74)66(50)6)31-48(53)64-83(75,76)46-16-10-13-40(27-46)56(70)61-20-22-77-23-24-78-25-26-80-52-28-39(55-38(4)63-36-82-55)18-19-41(52)33-62-57(71)51-29-43(69)35-67(51)59(73)54(37(2)3)68-34-42-12-8-9-17-47(42)58(68)72/h8-19,27-28,30-32,36-37,43,51,54,64,69H,7,20-26,29,33-35H2,1-6H3,(H,61,70)(H,62,71)/t43-,51+,54?/m1/s1. The number of rotatable bonds is 26. The van der Waals surface area contributed by atoms with Crippen LogP contribution in [0.2, 0.25) is 0 Å². The molecule has 4 heterocycles. The molecule has 3 atom stereocenters. The maximum absolute atomic E-state index is 14.3. The van der Waals surface area contributed by atoms with Gasteiger partial charge in [-0.1, -0.05) is 63.2 Å². The predicted octanol–water partition coefficient (Wildman–Crippen LogP) is 6.79. The van der Waals surface area contributed by atoms with Crippen molar-refractivity contribution in [3.8, 4) is 33.4 Å². The van der Waals surface area contributed by atoms with Crippen LogP contribution in [0.3, 0.4) is 0 Å². The molecular weight excluding hydrogens is 1100 g/mol. The summed E-state index contributed by atoms with van der Waals surface area (Å²) in [4.78, 5) is 76.0. The van der Waals surface area contributed by atoms with Gasteiger partial charge in [-0.3, -0.25) is 33.0 Å². The number of carbonyl (C=O) groups excluding carboxylic acids is 4. The van der Waals surface area contributed by atoms with E-state index in [0.29, 0.717) is 46.0 Å². The number of ether oxygens (including phenoxy) is 5. The number of hydrogen-bond donors (Lipinski definition) is 4. The van der Waals surface area contributed by atoms with Gasteiger partial charge in [-0.05, 0) is 78.9 Å². The van der Waals surface area contributed by atoms with Gasteiger partial charge in [0.15, 0.2) is 5.75 Å². The topological polar surface area (TPSA) is 251 Å². The lowest BCUT2D eigenvalue weighted by molar-refractivity contribution is -0.143. The third kappa shape index (κ3) is 13.7. The number of sulfonamides is 1. The highest BCUT2D eigenvalue weighted by Gasteiger charge is 2.46. The molecule has 2 aliphatic rings. The Hall–Kier alpha value is -8.09. The van der Waals surface area contributed by atoms with E-state index in [-0.39, 0.29) is 111 Å². The maximum atomic E-state index is 14.3. The van der Waals surface area contributed by atoms with Gasteiger partial charge in [0.25, 0.3) is 21.8 Å². The molecule has 0 saturated carbocycles. The van der Waals surface area contributed by atoms with E-state index in [1.807, 2.05) is 58.0 Å². The second-order valence-corrected chi connectivity index (χ2v) is 23.1. The van der Waals surface area contributed by atoms with Gasteiger partial charge in [0.1, 0.15) is 35.9 Å². The number of amides is 4. The first-order valence-corrected chi connectivity index (χ1v) is 29.8. The first-order valence-electron chi connectivity index (χ1n) is 27.4. The number of nitrogens with one attached hydrogen (secondary N) is 3. The molecule has 83 heavy (non-hydrogen) atoms. The molecular formula is C60H68N8O13S2. The Balaban J connectivity index is 0.747. The van der Waals surface area contributed by atoms with Crippen LogP contribution in [-0.4, -0.2) is 132 Å². The van der Waals surface area contributed by atoms with Crippen LogP contribution >= 0.6 is 11.3 Å². The first kappa shape index (κ1) is 59.5. The Morgan fingerprint density at radius 1 is 0.807 bits per heavy atom. The summed E-state index contributed by atoms with van der Waals surface area (Å²) in [5.74, 6) is -0.248. The molecule has 7 aromatic rings. The number of aryl methyl sites for hydroxylation is 3. The fourth-order valence-corrected chi connectivity index (χ4v) is 12.1. The van der Waals surface area contributed by atoms with Crippen LogP contribution in [-0.2, 0) is 56.3 Å². The number of nitrogens with zero attached hydrogens (tertiary/aromatic N) is 5. The van der Waals surface area contributed by atoms with Gasteiger partial charge in [-0.2, -0.15) is 0 Å². The smallest absolute Gasteiger partial charge is 0.328 e. The van der Waals surface area contributed by atoms with Crippen LogP contribution in [0.1, 0.15) is 71.1 Å². The molecule has 9 rings (SSSR count). The van der Waals surface area contributed by atoms with Crippen LogP contribution in [0.5, 0.6) is 23.0 Å². The monoisotopic (exact) mass is 1170 g/mol. The molecule has 0 bridgehead atoms. The molecule has 4 amide bonds. The van der Waals surface area contributed by atoms with Gasteiger partial charge in [-0.25, -0.2) is 18.2 Å². The van der Waals surface area contributed by atoms with Crippen molar-refractivity contribution in [3.05, 3.63) is 147 Å². The molecule has 0 radical (unpaired) electrons. The molecule has 438 valence electrons. The number of β-amino-alcohol motifs (C(OH)–C–C–N with tert-alkyl or cyclic N) is 1. The lowest BCUT2D eigenvalue weighted by Crippen LogP contribution is -2.55. The van der Waals surface area contributed by atoms with E-state index in [0.717, 1.165) is 28.1 Å². The Labute approximate surface area is 485 Å². The zero-order valence-electron chi connectivity index (χ0n) is 47.1. The molecule has 4 N–H and O–H groups in total. The maximum Gasteiger partial charge on any atom is 0.328 e. The number of imidazole rings is 1. The van der Waals surface area contributed by atoms with Crippen LogP contribution in [0.4, 0.5) is 5.69 Å². The minimum atomic E-state index is -4.31. The summed E-state index contributed by atoms with van der Waals surface area (Å²) in [6.07, 6.45) is -0.0648. The molecule has 1 saturated heterocycles. The number of fused-ring (bicyclic) bond motifs is 2. The first-order chi connectivity index (χ1) is 39.9. The van der Waals surface area contributed by atoms with Crippen molar-refractivity contribution < 1.29 is 56.4 Å². The Bertz CT molecular complexity index is 3690. The van der Waals surface area contributed by atoms with Gasteiger partial charge in [-0.15, -0.1) is 11.3 Å². The average Bonchev–Trinajstić information content (AvgIpc) is 4.43. The highest BCUT2D eigenvalue weighted by atomic mass is 32.2. The number of hydrogen-bond acceptors (Lipinski definition) is 15. The Morgan fingerprint density at radius 2 is 1.54 bits per heavy atom. The second kappa shape index (κ2) is 26.4. The molecule has 23 heteroatoms. The highest BCUT2D eigenvalue weighted by Crippen LogP contribution is 2.37. The fraction of sp³-hybridized carbons (Fsp3) is 0.367. The average molecular weight is 1170 g/mol. The Morgan fingerprint density at radius 3 is 2.29 bits per heavy atom. The van der Waals surface area contributed by atoms with Crippen molar-refractivity contribution in [3.63, 3.8) is 0 Å². The van der Waals surface area contributed by atoms with Crippen LogP contribution in [0, 0.1) is 12.8 Å². The van der Waals surface area contributed by atoms with Crippen molar-refractivity contribution in [1.29, 1.82) is 0 Å². The van der Waals surface area contributed by atoms with Crippen LogP contribution < -0.4 is 35.3 Å². The highest BCUT2D eigenvalue weighted by molar-refractivity contribution is 7.92. The van der Waals surface area contributed by atoms with Crippen molar-refractivity contribution >= 4 is 61.7 Å². The minimum absolute atomic E-state index is 0.0358. The molecule has 5 aromatic carbocycles. The molecule has 2 aromatic heterocycles. The number of aromatic nitrogens is 3. The molecule has 1 fully saturated rings. The predicted molar refractivity (Wildman–Crippen MR) is 312 cm³/mol. The van der Waals surface area contributed by atoms with Crippen molar-refractivity contribution in [2.75, 3.05) is 57.5 Å². The molecule has 1 unspecified atom stereocenters. The van der Waals surface area contributed by atoms with E-state index in [9.17, 15) is 37.5 Å². The summed E-state index contributed by atoms with van der Waals surface area (Å²) in [6.45, 7) is 9.48. The van der Waals surface area contributed by atoms with Crippen molar-refractivity contribution in [2.45, 2.75) is 76.7 Å². The third-order valence-electron chi connectivity index (χ3n) is 14.4. The lowest BCUT2D eigenvalue weighted by atomic mass is 10.0. The SMILES string of the molecule is CCCOc1cccc(Oc2cc3c(cc2NS(=O)(=O)c2cccc(C(=O)NCCOCCOCCOc4cc(-c5scnc5C)ccc4CNC(=O)[C@@H]4C[C@@H](O)CN4C(=O)C(C(C)C)N4Cc5ccccc5C4=O)c2)n(C)c(=O)n3C)c1. The summed E-state index contributed by atoms with van der Waals surface area (Å²) in [7, 11) is -1.11. The quantitative estimate of drug-likeness (QED) is 0.0408. The van der Waals surface area contributed by atoms with E-state index in [4.69, 9.17) is 23.7 Å². The summed E-state index contributed by atoms with van der Waals surface area (Å²) in [5, 5.41) is 16.5. The fourth-order valence-electron chi connectivity index (χ4n) is 10.2. The largest absolute Gasteiger partial charge is 0.493 e. The Kier molecular flexibility index (Phi) is 19.0. The third-order valence-corrected chi connectivity index (χ3v) is 16.7. The second-order valence-electron chi connectivity index (χ2n) is 20.6. The van der Waals surface area contributed by atoms with E-state index in [1.165, 1.54) is 55.7 Å². The molecule has 0 aliphatic carbocycles. The van der Waals surface area contributed by atoms with Gasteiger partial charge < -0.3 is 49.2 Å². The van der Waals surface area contributed by atoms with Crippen LogP contribution in [0.25, 0.3) is 21.5 Å². The zero-order valence-corrected chi connectivity index (χ0v) is 48.7.